The highest BCUT2D eigenvalue weighted by Crippen LogP contribution is 2.33. The van der Waals surface area contributed by atoms with Crippen LogP contribution in [0.1, 0.15) is 51.0 Å². The summed E-state index contributed by atoms with van der Waals surface area (Å²) in [6.45, 7) is 8.85. The molecule has 1 aromatic heterocycles. The molecule has 0 fully saturated rings. The van der Waals surface area contributed by atoms with Crippen molar-refractivity contribution in [1.82, 2.24) is 10.3 Å². The van der Waals surface area contributed by atoms with Crippen LogP contribution in [-0.4, -0.2) is 28.1 Å². The monoisotopic (exact) mass is 526 g/mol. The number of hydrogen-bond donors (Lipinski definition) is 3. The largest absolute Gasteiger partial charge is 0.487 e. The maximum absolute atomic E-state index is 13.6. The van der Waals surface area contributed by atoms with Gasteiger partial charge in [0.1, 0.15) is 17.0 Å². The number of hydrogen-bond acceptors (Lipinski definition) is 4. The second-order valence-corrected chi connectivity index (χ2v) is 10.4. The van der Waals surface area contributed by atoms with Crippen molar-refractivity contribution in [1.29, 1.82) is 0 Å². The number of thiocarbonyl (C=S) groups is 1. The number of carbonyl (C=O) groups excluding carboxylic acids is 1. The number of carbonyl (C=O) groups is 1. The molecule has 0 bridgehead atoms. The number of ether oxygens (including phenoxy) is 1. The highest BCUT2D eigenvalue weighted by atomic mass is 32.1. The fraction of sp³-hybridized carbons (Fsp3) is 0.258. The first-order valence-electron chi connectivity index (χ1n) is 12.9. The molecule has 3 N–H and O–H groups in total. The number of para-hydroxylation sites is 2. The van der Waals surface area contributed by atoms with Crippen LogP contribution in [0, 0.1) is 0 Å². The SMILES string of the molecule is CCCCNC(=S)Nc1cccc2c(OC(C)(C)C)cc(C(=O)Nc3ccccc3-c3ccccc3)nc12. The number of nitrogens with one attached hydrogen (secondary N) is 3. The zero-order valence-electron chi connectivity index (χ0n) is 22.3. The second-order valence-electron chi connectivity index (χ2n) is 10.0. The average Bonchev–Trinajstić information content (AvgIpc) is 2.89. The number of nitrogens with zero attached hydrogens (tertiary/aromatic N) is 1. The lowest BCUT2D eigenvalue weighted by Crippen LogP contribution is -2.29. The highest BCUT2D eigenvalue weighted by molar-refractivity contribution is 7.80. The predicted molar refractivity (Wildman–Crippen MR) is 161 cm³/mol. The fourth-order valence-electron chi connectivity index (χ4n) is 4.04. The summed E-state index contributed by atoms with van der Waals surface area (Å²) in [6, 6.07) is 25.2. The van der Waals surface area contributed by atoms with E-state index in [1.54, 1.807) is 6.07 Å². The molecule has 0 unspecified atom stereocenters. The lowest BCUT2D eigenvalue weighted by molar-refractivity contribution is 0.101. The molecule has 0 aliphatic carbocycles. The Morgan fingerprint density at radius 3 is 2.37 bits per heavy atom. The number of unbranched alkanes of at least 4 members (excludes halogenated alkanes) is 1. The third-order valence-corrected chi connectivity index (χ3v) is 6.02. The Balaban J connectivity index is 1.72. The number of fused-ring (bicyclic) bond motifs is 1. The van der Waals surface area contributed by atoms with E-state index in [9.17, 15) is 4.79 Å². The molecule has 0 atom stereocenters. The van der Waals surface area contributed by atoms with Crippen molar-refractivity contribution in [2.45, 2.75) is 46.1 Å². The van der Waals surface area contributed by atoms with Crippen molar-refractivity contribution in [3.05, 3.63) is 84.6 Å². The summed E-state index contributed by atoms with van der Waals surface area (Å²) in [5, 5.41) is 10.8. The zero-order chi connectivity index (χ0) is 27.1. The van der Waals surface area contributed by atoms with Crippen LogP contribution in [0.5, 0.6) is 5.75 Å². The van der Waals surface area contributed by atoms with Crippen molar-refractivity contribution in [3.63, 3.8) is 0 Å². The van der Waals surface area contributed by atoms with Crippen molar-refractivity contribution >= 4 is 45.5 Å². The van der Waals surface area contributed by atoms with Gasteiger partial charge in [0.25, 0.3) is 5.91 Å². The van der Waals surface area contributed by atoms with Gasteiger partial charge in [-0.15, -0.1) is 0 Å². The van der Waals surface area contributed by atoms with Crippen LogP contribution in [-0.2, 0) is 0 Å². The predicted octanol–water partition coefficient (Wildman–Crippen LogP) is 7.42. The molecule has 196 valence electrons. The number of anilines is 2. The van der Waals surface area contributed by atoms with E-state index in [2.05, 4.69) is 22.9 Å². The Labute approximate surface area is 229 Å². The van der Waals surface area contributed by atoms with Gasteiger partial charge in [0.05, 0.1) is 11.2 Å². The minimum Gasteiger partial charge on any atom is -0.487 e. The maximum Gasteiger partial charge on any atom is 0.274 e. The van der Waals surface area contributed by atoms with Gasteiger partial charge < -0.3 is 20.7 Å². The molecule has 0 saturated heterocycles. The maximum atomic E-state index is 13.6. The van der Waals surface area contributed by atoms with Crippen LogP contribution in [0.4, 0.5) is 11.4 Å². The standard InChI is InChI=1S/C31H34N4O2S/c1-5-6-19-32-30(38)35-25-18-12-16-23-27(37-31(2,3)4)20-26(33-28(23)25)29(36)34-24-17-11-10-15-22(24)21-13-8-7-9-14-21/h7-18,20H,5-6,19H2,1-4H3,(H,34,36)(H2,32,35,38). The molecular formula is C31H34N4O2S. The van der Waals surface area contributed by atoms with E-state index < -0.39 is 5.60 Å². The Bertz CT molecular complexity index is 1430. The number of aromatic nitrogens is 1. The van der Waals surface area contributed by atoms with Gasteiger partial charge in [0.15, 0.2) is 5.11 Å². The van der Waals surface area contributed by atoms with Crippen LogP contribution in [0.3, 0.4) is 0 Å². The van der Waals surface area contributed by atoms with E-state index in [1.165, 1.54) is 0 Å². The summed E-state index contributed by atoms with van der Waals surface area (Å²) in [7, 11) is 0. The smallest absolute Gasteiger partial charge is 0.274 e. The number of amides is 1. The van der Waals surface area contributed by atoms with Gasteiger partial charge in [-0.25, -0.2) is 4.98 Å². The molecule has 0 radical (unpaired) electrons. The molecule has 1 heterocycles. The van der Waals surface area contributed by atoms with Crippen LogP contribution >= 0.6 is 12.2 Å². The van der Waals surface area contributed by atoms with E-state index in [0.29, 0.717) is 27.8 Å². The van der Waals surface area contributed by atoms with E-state index in [1.807, 2.05) is 93.6 Å². The first kappa shape index (κ1) is 27.1. The quantitative estimate of drug-likeness (QED) is 0.164. The molecule has 4 aromatic rings. The summed E-state index contributed by atoms with van der Waals surface area (Å²) in [4.78, 5) is 18.4. The third-order valence-electron chi connectivity index (χ3n) is 5.77. The fourth-order valence-corrected chi connectivity index (χ4v) is 4.25. The van der Waals surface area contributed by atoms with Crippen molar-refractivity contribution in [2.24, 2.45) is 0 Å². The Morgan fingerprint density at radius 2 is 1.63 bits per heavy atom. The Morgan fingerprint density at radius 1 is 0.921 bits per heavy atom. The summed E-state index contributed by atoms with van der Waals surface area (Å²) in [5.74, 6) is 0.255. The highest BCUT2D eigenvalue weighted by Gasteiger charge is 2.20. The van der Waals surface area contributed by atoms with Crippen molar-refractivity contribution in [2.75, 3.05) is 17.2 Å². The molecule has 3 aromatic carbocycles. The van der Waals surface area contributed by atoms with Gasteiger partial charge in [0.2, 0.25) is 0 Å². The summed E-state index contributed by atoms with van der Waals surface area (Å²) >= 11 is 5.50. The van der Waals surface area contributed by atoms with Gasteiger partial charge in [0, 0.05) is 29.2 Å². The minimum atomic E-state index is -0.470. The molecule has 38 heavy (non-hydrogen) atoms. The van der Waals surface area contributed by atoms with E-state index in [4.69, 9.17) is 21.9 Å². The van der Waals surface area contributed by atoms with Crippen LogP contribution < -0.4 is 20.7 Å². The summed E-state index contributed by atoms with van der Waals surface area (Å²) in [5.41, 5.74) is 3.74. The van der Waals surface area contributed by atoms with E-state index in [-0.39, 0.29) is 11.6 Å². The molecule has 0 aliphatic rings. The van der Waals surface area contributed by atoms with Gasteiger partial charge in [-0.1, -0.05) is 67.9 Å². The molecule has 0 spiro atoms. The van der Waals surface area contributed by atoms with Crippen molar-refractivity contribution in [3.8, 4) is 16.9 Å². The minimum absolute atomic E-state index is 0.249. The lowest BCUT2D eigenvalue weighted by atomic mass is 10.0. The average molecular weight is 527 g/mol. The molecule has 4 rings (SSSR count). The third kappa shape index (κ3) is 6.86. The summed E-state index contributed by atoms with van der Waals surface area (Å²) < 4.78 is 6.29. The van der Waals surface area contributed by atoms with Crippen LogP contribution in [0.25, 0.3) is 22.0 Å². The first-order valence-corrected chi connectivity index (χ1v) is 13.3. The summed E-state index contributed by atoms with van der Waals surface area (Å²) in [6.07, 6.45) is 2.10. The molecule has 0 aliphatic heterocycles. The normalized spacial score (nSPS) is 11.2. The van der Waals surface area contributed by atoms with Crippen molar-refractivity contribution < 1.29 is 9.53 Å². The zero-order valence-corrected chi connectivity index (χ0v) is 23.1. The number of benzene rings is 3. The molecular weight excluding hydrogens is 492 g/mol. The molecule has 0 saturated carbocycles. The molecule has 6 nitrogen and oxygen atoms in total. The second kappa shape index (κ2) is 12.0. The van der Waals surface area contributed by atoms with Gasteiger partial charge in [-0.3, -0.25) is 4.79 Å². The first-order chi connectivity index (χ1) is 18.2. The van der Waals surface area contributed by atoms with Gasteiger partial charge in [-0.05, 0) is 63.2 Å². The molecule has 7 heteroatoms. The topological polar surface area (TPSA) is 75.3 Å². The number of rotatable bonds is 8. The Kier molecular flexibility index (Phi) is 8.59. The number of pyridine rings is 1. The van der Waals surface area contributed by atoms with E-state index >= 15 is 0 Å². The van der Waals surface area contributed by atoms with Gasteiger partial charge in [-0.2, -0.15) is 0 Å². The van der Waals surface area contributed by atoms with E-state index in [0.717, 1.165) is 35.9 Å². The Hall–Kier alpha value is -3.97. The van der Waals surface area contributed by atoms with Crippen LogP contribution in [0.2, 0.25) is 0 Å². The van der Waals surface area contributed by atoms with Gasteiger partial charge >= 0.3 is 0 Å². The van der Waals surface area contributed by atoms with Crippen LogP contribution in [0.15, 0.2) is 78.9 Å². The lowest BCUT2D eigenvalue weighted by Gasteiger charge is -2.23. The molecule has 1 amide bonds.